The van der Waals surface area contributed by atoms with Crippen LogP contribution in [0.3, 0.4) is 0 Å². The van der Waals surface area contributed by atoms with E-state index in [2.05, 4.69) is 10.6 Å². The van der Waals surface area contributed by atoms with E-state index in [1.807, 2.05) is 58.0 Å². The fourth-order valence-corrected chi connectivity index (χ4v) is 8.07. The summed E-state index contributed by atoms with van der Waals surface area (Å²) in [4.78, 5) is 42.5. The number of thioether (sulfide) groups is 1. The topological polar surface area (TPSA) is 98.7 Å². The largest absolute Gasteiger partial charge is 0.394 e. The molecule has 3 aliphatic rings. The van der Waals surface area contributed by atoms with E-state index in [0.717, 1.165) is 18.4 Å². The van der Waals surface area contributed by atoms with Gasteiger partial charge >= 0.3 is 0 Å². The standard InChI is InChI=1S/C25H35N3O4S/c1-5-13-26-21(30)18-17-11-12-25(33-17)19(18)23(32)28(20(25)22(31)27-24(2,3)4)16(14-29)15-9-7-6-8-10-15/h6-10,16-20,29H,5,11-14H2,1-4H3,(H,26,30)(H,27,31)/t16-,17-,18+,19+,20?,25?/m1/s1. The van der Waals surface area contributed by atoms with Crippen LogP contribution in [0.25, 0.3) is 0 Å². The maximum Gasteiger partial charge on any atom is 0.244 e. The highest BCUT2D eigenvalue weighted by Crippen LogP contribution is 2.67. The number of hydrogen-bond acceptors (Lipinski definition) is 5. The first-order chi connectivity index (χ1) is 15.6. The number of nitrogens with zero attached hydrogens (tertiary/aromatic N) is 1. The van der Waals surface area contributed by atoms with E-state index in [-0.39, 0.29) is 29.6 Å². The molecule has 3 saturated heterocycles. The molecule has 1 spiro atoms. The molecule has 7 nitrogen and oxygen atoms in total. The molecule has 0 aromatic heterocycles. The SMILES string of the molecule is CCCNC(=O)[C@@H]1[C@H]2C(=O)N([C@H](CO)c3ccccc3)C(C(=O)NC(C)(C)C)C23CC[C@H]1S3. The molecule has 3 fully saturated rings. The van der Waals surface area contributed by atoms with Crippen molar-refractivity contribution >= 4 is 29.5 Å². The fourth-order valence-electron chi connectivity index (χ4n) is 5.86. The molecule has 0 aliphatic carbocycles. The van der Waals surface area contributed by atoms with Crippen molar-refractivity contribution in [2.45, 2.75) is 74.6 Å². The van der Waals surface area contributed by atoms with Crippen LogP contribution < -0.4 is 10.6 Å². The highest BCUT2D eigenvalue weighted by molar-refractivity contribution is 8.02. The number of benzene rings is 1. The van der Waals surface area contributed by atoms with Crippen molar-refractivity contribution in [2.75, 3.05) is 13.2 Å². The summed E-state index contributed by atoms with van der Waals surface area (Å²) in [6.45, 7) is 8.03. The van der Waals surface area contributed by atoms with Crippen molar-refractivity contribution in [3.63, 3.8) is 0 Å². The molecular formula is C25H35N3O4S. The number of aliphatic hydroxyl groups is 1. The Hall–Kier alpha value is -2.06. The number of likely N-dealkylation sites (tertiary alicyclic amines) is 1. The second-order valence-electron chi connectivity index (χ2n) is 10.4. The zero-order valence-corrected chi connectivity index (χ0v) is 20.7. The molecule has 1 aromatic carbocycles. The Labute approximate surface area is 200 Å². The molecule has 4 rings (SSSR count). The number of rotatable bonds is 7. The molecule has 2 bridgehead atoms. The van der Waals surface area contributed by atoms with Gasteiger partial charge in [-0.15, -0.1) is 11.8 Å². The smallest absolute Gasteiger partial charge is 0.244 e. The lowest BCUT2D eigenvalue weighted by molar-refractivity contribution is -0.143. The van der Waals surface area contributed by atoms with Crippen LogP contribution >= 0.6 is 11.8 Å². The molecule has 6 atom stereocenters. The summed E-state index contributed by atoms with van der Waals surface area (Å²) in [5.41, 5.74) is 0.311. The van der Waals surface area contributed by atoms with E-state index >= 15 is 0 Å². The molecule has 3 amide bonds. The van der Waals surface area contributed by atoms with Gasteiger partial charge in [-0.1, -0.05) is 37.3 Å². The minimum Gasteiger partial charge on any atom is -0.394 e. The Morgan fingerprint density at radius 3 is 2.55 bits per heavy atom. The Morgan fingerprint density at radius 1 is 1.24 bits per heavy atom. The van der Waals surface area contributed by atoms with Crippen molar-refractivity contribution in [3.8, 4) is 0 Å². The summed E-state index contributed by atoms with van der Waals surface area (Å²) in [6.07, 6.45) is 2.34. The van der Waals surface area contributed by atoms with E-state index in [9.17, 15) is 19.5 Å². The molecule has 180 valence electrons. The van der Waals surface area contributed by atoms with Crippen molar-refractivity contribution in [1.82, 2.24) is 15.5 Å². The van der Waals surface area contributed by atoms with Crippen LogP contribution in [0.5, 0.6) is 0 Å². The molecule has 33 heavy (non-hydrogen) atoms. The summed E-state index contributed by atoms with van der Waals surface area (Å²) >= 11 is 1.65. The van der Waals surface area contributed by atoms with E-state index in [1.54, 1.807) is 16.7 Å². The van der Waals surface area contributed by atoms with Crippen molar-refractivity contribution in [1.29, 1.82) is 0 Å². The number of fused-ring (bicyclic) bond motifs is 1. The number of nitrogens with one attached hydrogen (secondary N) is 2. The third kappa shape index (κ3) is 4.05. The second kappa shape index (κ2) is 8.95. The molecule has 2 unspecified atom stereocenters. The minimum absolute atomic E-state index is 0.0344. The Balaban J connectivity index is 1.78. The van der Waals surface area contributed by atoms with Crippen LogP contribution in [0, 0.1) is 11.8 Å². The number of amides is 3. The lowest BCUT2D eigenvalue weighted by atomic mass is 9.70. The molecule has 3 aliphatic heterocycles. The Morgan fingerprint density at radius 2 is 1.94 bits per heavy atom. The van der Waals surface area contributed by atoms with Crippen LogP contribution in [-0.2, 0) is 14.4 Å². The average molecular weight is 474 g/mol. The molecule has 1 aromatic rings. The van der Waals surface area contributed by atoms with Gasteiger partial charge in [-0.25, -0.2) is 0 Å². The quantitative estimate of drug-likeness (QED) is 0.564. The van der Waals surface area contributed by atoms with Gasteiger partial charge < -0.3 is 20.6 Å². The van der Waals surface area contributed by atoms with Gasteiger partial charge in [-0.2, -0.15) is 0 Å². The van der Waals surface area contributed by atoms with E-state index in [0.29, 0.717) is 13.0 Å². The van der Waals surface area contributed by atoms with Crippen LogP contribution in [-0.4, -0.2) is 62.5 Å². The monoisotopic (exact) mass is 473 g/mol. The molecule has 0 saturated carbocycles. The molecule has 0 radical (unpaired) electrons. The molecule has 3 heterocycles. The van der Waals surface area contributed by atoms with E-state index < -0.39 is 34.2 Å². The highest BCUT2D eigenvalue weighted by atomic mass is 32.2. The minimum atomic E-state index is -0.745. The van der Waals surface area contributed by atoms with Crippen LogP contribution in [0.1, 0.15) is 58.6 Å². The number of hydrogen-bond donors (Lipinski definition) is 3. The van der Waals surface area contributed by atoms with E-state index in [1.165, 1.54) is 0 Å². The predicted octanol–water partition coefficient (Wildman–Crippen LogP) is 2.25. The average Bonchev–Trinajstić information content (AvgIpc) is 3.40. The third-order valence-electron chi connectivity index (χ3n) is 7.03. The van der Waals surface area contributed by atoms with Gasteiger partial charge in [-0.05, 0) is 45.6 Å². The van der Waals surface area contributed by atoms with Gasteiger partial charge in [0.2, 0.25) is 17.7 Å². The van der Waals surface area contributed by atoms with Crippen molar-refractivity contribution in [2.24, 2.45) is 11.8 Å². The number of aliphatic hydroxyl groups excluding tert-OH is 1. The van der Waals surface area contributed by atoms with Crippen molar-refractivity contribution < 1.29 is 19.5 Å². The lowest BCUT2D eigenvalue weighted by Crippen LogP contribution is -2.57. The third-order valence-corrected chi connectivity index (χ3v) is 8.98. The van der Waals surface area contributed by atoms with E-state index in [4.69, 9.17) is 0 Å². The predicted molar refractivity (Wildman–Crippen MR) is 128 cm³/mol. The summed E-state index contributed by atoms with van der Waals surface area (Å²) in [7, 11) is 0. The molecular weight excluding hydrogens is 438 g/mol. The summed E-state index contributed by atoms with van der Waals surface area (Å²) in [5, 5.41) is 16.5. The van der Waals surface area contributed by atoms with Gasteiger partial charge in [0.15, 0.2) is 0 Å². The zero-order valence-electron chi connectivity index (χ0n) is 19.8. The normalized spacial score (nSPS) is 31.4. The van der Waals surface area contributed by atoms with Gasteiger partial charge in [-0.3, -0.25) is 14.4 Å². The summed E-state index contributed by atoms with van der Waals surface area (Å²) in [6, 6.07) is 7.96. The number of carbonyl (C=O) groups is 3. The second-order valence-corrected chi connectivity index (χ2v) is 12.0. The maximum atomic E-state index is 14.1. The molecule has 8 heteroatoms. The first-order valence-corrected chi connectivity index (χ1v) is 12.8. The van der Waals surface area contributed by atoms with Gasteiger partial charge in [0.25, 0.3) is 0 Å². The number of carbonyl (C=O) groups excluding carboxylic acids is 3. The fraction of sp³-hybridized carbons (Fsp3) is 0.640. The lowest BCUT2D eigenvalue weighted by Gasteiger charge is -2.38. The van der Waals surface area contributed by atoms with Crippen molar-refractivity contribution in [3.05, 3.63) is 35.9 Å². The maximum absolute atomic E-state index is 14.1. The zero-order chi connectivity index (χ0) is 24.0. The van der Waals surface area contributed by atoms with Gasteiger partial charge in [0, 0.05) is 17.3 Å². The highest BCUT2D eigenvalue weighted by Gasteiger charge is 2.74. The van der Waals surface area contributed by atoms with Crippen LogP contribution in [0.2, 0.25) is 0 Å². The summed E-state index contributed by atoms with van der Waals surface area (Å²) < 4.78 is -0.659. The first-order valence-electron chi connectivity index (χ1n) is 11.9. The Bertz CT molecular complexity index is 918. The summed E-state index contributed by atoms with van der Waals surface area (Å²) in [5.74, 6) is -1.51. The van der Waals surface area contributed by atoms with Crippen LogP contribution in [0.4, 0.5) is 0 Å². The molecule has 3 N–H and O–H groups in total. The van der Waals surface area contributed by atoms with Gasteiger partial charge in [0.05, 0.1) is 29.2 Å². The van der Waals surface area contributed by atoms with Gasteiger partial charge in [0.1, 0.15) is 6.04 Å². The van der Waals surface area contributed by atoms with Crippen LogP contribution in [0.15, 0.2) is 30.3 Å². The first kappa shape index (κ1) is 24.1. The Kier molecular flexibility index (Phi) is 6.53.